The number of carbonyl (C=O) groups is 3. The predicted octanol–water partition coefficient (Wildman–Crippen LogP) is 2.09. The Morgan fingerprint density at radius 1 is 0.931 bits per heavy atom. The third-order valence-corrected chi connectivity index (χ3v) is 5.26. The first-order valence-corrected chi connectivity index (χ1v) is 9.46. The number of hydrogen-bond donors (Lipinski definition) is 1. The van der Waals surface area contributed by atoms with Crippen molar-refractivity contribution < 1.29 is 14.4 Å². The van der Waals surface area contributed by atoms with Gasteiger partial charge in [-0.1, -0.05) is 53.8 Å². The minimum Gasteiger partial charge on any atom is -0.299 e. The molecule has 3 amide bonds. The molecule has 3 heterocycles. The number of benzene rings is 2. The molecule has 5 rings (SSSR count). The normalized spacial score (nSPS) is 13.2. The van der Waals surface area contributed by atoms with E-state index in [0.717, 1.165) is 21.8 Å². The molecule has 0 fully saturated rings. The number of imide groups is 1. The molecule has 142 valence electrons. The second kappa shape index (κ2) is 6.60. The average Bonchev–Trinajstić information content (AvgIpc) is 3.37. The van der Waals surface area contributed by atoms with Gasteiger partial charge in [-0.05, 0) is 12.1 Å². The number of aromatic nitrogens is 4. The van der Waals surface area contributed by atoms with Crippen LogP contribution in [-0.2, 0) is 4.79 Å². The van der Waals surface area contributed by atoms with Crippen LogP contribution in [0.25, 0.3) is 16.3 Å². The van der Waals surface area contributed by atoms with Gasteiger partial charge in [0, 0.05) is 5.56 Å². The van der Waals surface area contributed by atoms with Gasteiger partial charge in [0.05, 0.1) is 11.1 Å². The van der Waals surface area contributed by atoms with Gasteiger partial charge in [0.2, 0.25) is 16.0 Å². The Morgan fingerprint density at radius 3 is 2.28 bits per heavy atom. The van der Waals surface area contributed by atoms with Crippen LogP contribution in [0.15, 0.2) is 54.6 Å². The number of hydrogen-bond acceptors (Lipinski definition) is 7. The summed E-state index contributed by atoms with van der Waals surface area (Å²) in [6.45, 7) is -0.391. The van der Waals surface area contributed by atoms with Crippen molar-refractivity contribution >= 4 is 39.2 Å². The summed E-state index contributed by atoms with van der Waals surface area (Å²) in [6, 6.07) is 15.9. The lowest BCUT2D eigenvalue weighted by atomic mass is 10.1. The largest absolute Gasteiger partial charge is 0.299 e. The highest BCUT2D eigenvalue weighted by molar-refractivity contribution is 7.20. The van der Waals surface area contributed by atoms with Crippen molar-refractivity contribution in [1.82, 2.24) is 24.7 Å². The Balaban J connectivity index is 1.34. The molecule has 0 unspecified atom stereocenters. The lowest BCUT2D eigenvalue weighted by molar-refractivity contribution is -0.116. The zero-order valence-corrected chi connectivity index (χ0v) is 15.6. The van der Waals surface area contributed by atoms with E-state index in [-0.39, 0.29) is 0 Å². The van der Waals surface area contributed by atoms with Gasteiger partial charge in [-0.15, -0.1) is 15.3 Å². The van der Waals surface area contributed by atoms with E-state index in [1.165, 1.54) is 4.52 Å². The van der Waals surface area contributed by atoms with Gasteiger partial charge in [-0.25, -0.2) is 0 Å². The van der Waals surface area contributed by atoms with Gasteiger partial charge in [0.25, 0.3) is 11.8 Å². The van der Waals surface area contributed by atoms with E-state index < -0.39 is 24.3 Å². The summed E-state index contributed by atoms with van der Waals surface area (Å²) < 4.78 is 1.54. The lowest BCUT2D eigenvalue weighted by Gasteiger charge is -2.12. The molecular weight excluding hydrogens is 392 g/mol. The highest BCUT2D eigenvalue weighted by Gasteiger charge is 2.36. The third kappa shape index (κ3) is 2.86. The van der Waals surface area contributed by atoms with E-state index in [9.17, 15) is 14.4 Å². The van der Waals surface area contributed by atoms with Crippen molar-refractivity contribution in [2.24, 2.45) is 0 Å². The molecule has 4 aromatic rings. The van der Waals surface area contributed by atoms with E-state index in [0.29, 0.717) is 27.0 Å². The first kappa shape index (κ1) is 17.2. The fraction of sp³-hybridized carbons (Fsp3) is 0.0526. The number of anilines is 1. The molecule has 0 radical (unpaired) electrons. The van der Waals surface area contributed by atoms with Gasteiger partial charge in [-0.2, -0.15) is 4.52 Å². The molecule has 0 bridgehead atoms. The molecule has 1 N–H and O–H groups in total. The molecule has 0 atom stereocenters. The molecule has 2 aromatic carbocycles. The Bertz CT molecular complexity index is 1240. The SMILES string of the molecule is O=C(CN1C(=O)c2ccccc2C1=O)Nc1nn2c(-c3ccccc3)nnc2s1. The number of nitrogens with one attached hydrogen (secondary N) is 1. The number of carbonyl (C=O) groups excluding carboxylic acids is 3. The van der Waals surface area contributed by atoms with Crippen LogP contribution in [0, 0.1) is 0 Å². The Morgan fingerprint density at radius 2 is 1.59 bits per heavy atom. The minimum absolute atomic E-state index is 0.300. The molecule has 0 saturated heterocycles. The summed E-state index contributed by atoms with van der Waals surface area (Å²) in [6.07, 6.45) is 0. The third-order valence-electron chi connectivity index (χ3n) is 4.45. The zero-order chi connectivity index (χ0) is 20.0. The Labute approximate surface area is 167 Å². The molecule has 0 aliphatic carbocycles. The average molecular weight is 404 g/mol. The van der Waals surface area contributed by atoms with Crippen LogP contribution in [0.4, 0.5) is 5.13 Å². The number of rotatable bonds is 4. The predicted molar refractivity (Wildman–Crippen MR) is 105 cm³/mol. The van der Waals surface area contributed by atoms with Crippen LogP contribution in [0.3, 0.4) is 0 Å². The fourth-order valence-electron chi connectivity index (χ4n) is 3.12. The Hall–Kier alpha value is -3.92. The maximum absolute atomic E-state index is 12.4. The highest BCUT2D eigenvalue weighted by Crippen LogP contribution is 2.25. The maximum Gasteiger partial charge on any atom is 0.262 e. The number of fused-ring (bicyclic) bond motifs is 2. The van der Waals surface area contributed by atoms with Crippen LogP contribution >= 0.6 is 11.3 Å². The standard InChI is InChI=1S/C19H12N6O3S/c26-14(10-24-16(27)12-8-4-5-9-13(12)17(24)28)20-18-23-25-15(21-22-19(25)29-18)11-6-2-1-3-7-11/h1-9H,10H2,(H,20,23,26). The van der Waals surface area contributed by atoms with E-state index in [4.69, 9.17) is 0 Å². The van der Waals surface area contributed by atoms with Gasteiger partial charge >= 0.3 is 0 Å². The van der Waals surface area contributed by atoms with Crippen molar-refractivity contribution in [2.75, 3.05) is 11.9 Å². The summed E-state index contributed by atoms with van der Waals surface area (Å²) in [5.74, 6) is -0.932. The van der Waals surface area contributed by atoms with Crippen molar-refractivity contribution in [3.05, 3.63) is 65.7 Å². The first-order chi connectivity index (χ1) is 14.1. The Kier molecular flexibility index (Phi) is 3.91. The summed E-state index contributed by atoms with van der Waals surface area (Å²) in [4.78, 5) is 38.6. The molecule has 10 heteroatoms. The lowest BCUT2D eigenvalue weighted by Crippen LogP contribution is -2.37. The van der Waals surface area contributed by atoms with Crippen molar-refractivity contribution in [2.45, 2.75) is 0 Å². The highest BCUT2D eigenvalue weighted by atomic mass is 32.1. The van der Waals surface area contributed by atoms with Crippen LogP contribution < -0.4 is 5.32 Å². The van der Waals surface area contributed by atoms with Gasteiger partial charge in [0.15, 0.2) is 5.82 Å². The molecule has 2 aromatic heterocycles. The molecule has 1 aliphatic rings. The molecule has 29 heavy (non-hydrogen) atoms. The van der Waals surface area contributed by atoms with Crippen LogP contribution in [0.2, 0.25) is 0 Å². The van der Waals surface area contributed by atoms with Crippen LogP contribution in [-0.4, -0.2) is 49.0 Å². The van der Waals surface area contributed by atoms with E-state index in [2.05, 4.69) is 20.6 Å². The van der Waals surface area contributed by atoms with Crippen LogP contribution in [0.5, 0.6) is 0 Å². The zero-order valence-electron chi connectivity index (χ0n) is 14.8. The fourth-order valence-corrected chi connectivity index (χ4v) is 3.88. The van der Waals surface area contributed by atoms with Crippen molar-refractivity contribution in [3.8, 4) is 11.4 Å². The van der Waals surface area contributed by atoms with E-state index in [1.807, 2.05) is 30.3 Å². The molecule has 1 aliphatic heterocycles. The topological polar surface area (TPSA) is 110 Å². The van der Waals surface area contributed by atoms with Crippen molar-refractivity contribution in [1.29, 1.82) is 0 Å². The maximum atomic E-state index is 12.4. The molecular formula is C19H12N6O3S. The van der Waals surface area contributed by atoms with Gasteiger partial charge < -0.3 is 0 Å². The molecule has 0 saturated carbocycles. The molecule has 9 nitrogen and oxygen atoms in total. The number of amides is 3. The van der Waals surface area contributed by atoms with Gasteiger partial charge in [0.1, 0.15) is 6.54 Å². The van der Waals surface area contributed by atoms with Crippen LogP contribution in [0.1, 0.15) is 20.7 Å². The first-order valence-electron chi connectivity index (χ1n) is 8.64. The second-order valence-electron chi connectivity index (χ2n) is 6.28. The smallest absolute Gasteiger partial charge is 0.262 e. The second-order valence-corrected chi connectivity index (χ2v) is 7.24. The van der Waals surface area contributed by atoms with E-state index in [1.54, 1.807) is 24.3 Å². The minimum atomic E-state index is -0.522. The van der Waals surface area contributed by atoms with Gasteiger partial charge in [-0.3, -0.25) is 24.6 Å². The number of nitrogens with zero attached hydrogens (tertiary/aromatic N) is 5. The summed E-state index contributed by atoms with van der Waals surface area (Å²) in [5.41, 5.74) is 1.45. The quantitative estimate of drug-likeness (QED) is 0.522. The summed E-state index contributed by atoms with van der Waals surface area (Å²) in [7, 11) is 0. The monoisotopic (exact) mass is 404 g/mol. The summed E-state index contributed by atoms with van der Waals surface area (Å²) in [5, 5.41) is 15.5. The van der Waals surface area contributed by atoms with E-state index >= 15 is 0 Å². The summed E-state index contributed by atoms with van der Waals surface area (Å²) >= 11 is 1.15. The molecule has 0 spiro atoms. The van der Waals surface area contributed by atoms with Crippen molar-refractivity contribution in [3.63, 3.8) is 0 Å².